The van der Waals surface area contributed by atoms with Gasteiger partial charge in [0.05, 0.1) is 0 Å². The number of hydrogen-bond acceptors (Lipinski definition) is 7. The molecule has 0 saturated heterocycles. The molecule has 1 aliphatic rings. The highest BCUT2D eigenvalue weighted by Gasteiger charge is 2.35. The van der Waals surface area contributed by atoms with Crippen LogP contribution in [0.1, 0.15) is 69.3 Å². The normalized spacial score (nSPS) is 19.1. The first-order chi connectivity index (χ1) is 18.0. The summed E-state index contributed by atoms with van der Waals surface area (Å²) >= 11 is 5.99. The van der Waals surface area contributed by atoms with E-state index in [0.29, 0.717) is 28.8 Å². The predicted molar refractivity (Wildman–Crippen MR) is 145 cm³/mol. The number of ether oxygens (including phenoxy) is 1. The average molecular weight is 541 g/mol. The number of halogens is 1. The van der Waals surface area contributed by atoms with Crippen LogP contribution in [0.2, 0.25) is 5.02 Å². The van der Waals surface area contributed by atoms with Crippen molar-refractivity contribution >= 4 is 23.4 Å². The first-order valence-electron chi connectivity index (χ1n) is 12.9. The highest BCUT2D eigenvalue weighted by atomic mass is 35.5. The Labute approximate surface area is 229 Å². The number of amides is 2. The van der Waals surface area contributed by atoms with Crippen LogP contribution < -0.4 is 10.1 Å². The molecule has 2 aromatic rings. The number of rotatable bonds is 10. The molecule has 1 atom stereocenters. The van der Waals surface area contributed by atoms with Crippen molar-refractivity contribution in [1.82, 2.24) is 10.2 Å². The van der Waals surface area contributed by atoms with E-state index >= 15 is 0 Å². The van der Waals surface area contributed by atoms with Crippen LogP contribution >= 0.6 is 11.6 Å². The van der Waals surface area contributed by atoms with Crippen LogP contribution in [0.3, 0.4) is 0 Å². The summed E-state index contributed by atoms with van der Waals surface area (Å²) in [5, 5.41) is 9.13. The van der Waals surface area contributed by atoms with Crippen LogP contribution in [-0.4, -0.2) is 35.1 Å². The van der Waals surface area contributed by atoms with Crippen LogP contribution in [0.25, 0.3) is 0 Å². The molecule has 0 spiro atoms. The minimum atomic E-state index is -1.24. The van der Waals surface area contributed by atoms with Crippen molar-refractivity contribution in [2.24, 2.45) is 21.6 Å². The Morgan fingerprint density at radius 1 is 1.03 bits per heavy atom. The third-order valence-electron chi connectivity index (χ3n) is 7.19. The van der Waals surface area contributed by atoms with Crippen molar-refractivity contribution in [1.29, 1.82) is 11.1 Å². The highest BCUT2D eigenvalue weighted by molar-refractivity contribution is 6.30. The second-order valence-corrected chi connectivity index (χ2v) is 11.3. The fourth-order valence-electron chi connectivity index (χ4n) is 4.89. The van der Waals surface area contributed by atoms with Crippen LogP contribution in [-0.2, 0) is 11.3 Å². The molecule has 38 heavy (non-hydrogen) atoms. The molecular weight excluding hydrogens is 504 g/mol. The predicted octanol–water partition coefficient (Wildman–Crippen LogP) is 6.82. The van der Waals surface area contributed by atoms with Gasteiger partial charge in [-0.25, -0.2) is 11.1 Å². The summed E-state index contributed by atoms with van der Waals surface area (Å²) in [6, 6.07) is 14.0. The van der Waals surface area contributed by atoms with Crippen LogP contribution in [0.15, 0.2) is 58.8 Å². The highest BCUT2D eigenvalue weighted by Crippen LogP contribution is 2.39. The number of nitrogens with one attached hydrogen (secondary N) is 3. The molecule has 204 valence electrons. The van der Waals surface area contributed by atoms with Crippen molar-refractivity contribution in [3.05, 3.63) is 64.7 Å². The van der Waals surface area contributed by atoms with Crippen LogP contribution in [0.4, 0.5) is 0 Å². The fourth-order valence-corrected chi connectivity index (χ4v) is 5.02. The zero-order chi connectivity index (χ0) is 27.9. The fraction of sp³-hybridized carbons (Fsp3) is 0.500. The number of benzene rings is 2. The molecule has 10 heteroatoms. The van der Waals surface area contributed by atoms with Crippen molar-refractivity contribution in [2.45, 2.75) is 78.4 Å². The summed E-state index contributed by atoms with van der Waals surface area (Å²) in [6.45, 7) is 8.99. The number of carbonyl (C=O) groups excluding carboxylic acids is 2. The van der Waals surface area contributed by atoms with E-state index in [2.05, 4.69) is 36.3 Å². The molecule has 9 nitrogen and oxygen atoms in total. The summed E-state index contributed by atoms with van der Waals surface area (Å²) in [7, 11) is 0. The lowest BCUT2D eigenvalue weighted by atomic mass is 9.71. The second kappa shape index (κ2) is 13.0. The van der Waals surface area contributed by atoms with Gasteiger partial charge in [-0.1, -0.05) is 44.5 Å². The summed E-state index contributed by atoms with van der Waals surface area (Å²) < 4.78 is 5.97. The summed E-state index contributed by atoms with van der Waals surface area (Å²) in [4.78, 5) is 28.0. The number of nitrogens with zero attached hydrogens (tertiary/aromatic N) is 3. The maximum atomic E-state index is 13.7. The molecule has 1 unspecified atom stereocenters. The van der Waals surface area contributed by atoms with Gasteiger partial charge in [0.15, 0.2) is 6.10 Å². The molecule has 1 fully saturated rings. The quantitative estimate of drug-likeness (QED) is 0.286. The van der Waals surface area contributed by atoms with Crippen LogP contribution in [0.5, 0.6) is 5.75 Å². The number of carbonyl (C=O) groups is 2. The maximum Gasteiger partial charge on any atom is 0.263 e. The van der Waals surface area contributed by atoms with Gasteiger partial charge >= 0.3 is 0 Å². The first kappa shape index (κ1) is 29.2. The van der Waals surface area contributed by atoms with E-state index in [-0.39, 0.29) is 17.4 Å². The van der Waals surface area contributed by atoms with Crippen molar-refractivity contribution in [3.8, 4) is 5.75 Å². The smallest absolute Gasteiger partial charge is 0.263 e. The zero-order valence-corrected chi connectivity index (χ0v) is 23.2. The van der Waals surface area contributed by atoms with Gasteiger partial charge in [0.2, 0.25) is 0 Å². The second-order valence-electron chi connectivity index (χ2n) is 10.9. The molecule has 0 aliphatic heterocycles. The molecule has 2 amide bonds. The average Bonchev–Trinajstić information content (AvgIpc) is 2.91. The molecule has 1 saturated carbocycles. The van der Waals surface area contributed by atoms with Gasteiger partial charge in [-0.05, 0) is 85.9 Å². The van der Waals surface area contributed by atoms with E-state index < -0.39 is 18.3 Å². The Bertz CT molecular complexity index is 1100. The molecule has 0 heterocycles. The lowest BCUT2D eigenvalue weighted by molar-refractivity contribution is -0.142. The van der Waals surface area contributed by atoms with Crippen molar-refractivity contribution in [3.63, 3.8) is 0 Å². The Balaban J connectivity index is 1.76. The molecule has 3 N–H and O–H groups in total. The van der Waals surface area contributed by atoms with Crippen molar-refractivity contribution < 1.29 is 14.3 Å². The molecule has 0 bridgehead atoms. The third kappa shape index (κ3) is 7.84. The summed E-state index contributed by atoms with van der Waals surface area (Å²) in [5.41, 5.74) is 15.4. The molecular formula is C28H37ClN6O3. The lowest BCUT2D eigenvalue weighted by Crippen LogP contribution is -2.47. The topological polar surface area (TPSA) is 131 Å². The van der Waals surface area contributed by atoms with Gasteiger partial charge in [-0.15, -0.1) is 10.2 Å². The van der Waals surface area contributed by atoms with E-state index in [0.717, 1.165) is 31.2 Å². The van der Waals surface area contributed by atoms with Gasteiger partial charge < -0.3 is 15.0 Å². The lowest BCUT2D eigenvalue weighted by Gasteiger charge is -2.41. The summed E-state index contributed by atoms with van der Waals surface area (Å²) in [5.74, 6) is 0.634. The zero-order valence-electron chi connectivity index (χ0n) is 22.4. The molecule has 0 aromatic heterocycles. The van der Waals surface area contributed by atoms with Gasteiger partial charge in [-0.3, -0.25) is 9.59 Å². The SMILES string of the molecule is CC(Oc1ccc(Cl)cc1)C(=O)N(Cc1ccc(C(=O)NC(N=N)N=N)cc1)C1CCC(C(C)(C)C)CC1. The molecule has 3 rings (SSSR count). The Morgan fingerprint density at radius 3 is 2.13 bits per heavy atom. The van der Waals surface area contributed by atoms with Crippen LogP contribution in [0, 0.1) is 22.4 Å². The minimum absolute atomic E-state index is 0.0852. The molecule has 1 aliphatic carbocycles. The largest absolute Gasteiger partial charge is 0.481 e. The van der Waals surface area contributed by atoms with Gasteiger partial charge in [0.1, 0.15) is 5.75 Å². The summed E-state index contributed by atoms with van der Waals surface area (Å²) in [6.07, 6.45) is 2.06. The molecule has 0 radical (unpaired) electrons. The Kier molecular flexibility index (Phi) is 9.96. The van der Waals surface area contributed by atoms with Gasteiger partial charge in [0, 0.05) is 23.2 Å². The van der Waals surface area contributed by atoms with E-state index in [4.69, 9.17) is 27.4 Å². The van der Waals surface area contributed by atoms with Gasteiger partial charge in [-0.2, -0.15) is 0 Å². The monoisotopic (exact) mass is 540 g/mol. The minimum Gasteiger partial charge on any atom is -0.481 e. The van der Waals surface area contributed by atoms with Gasteiger partial charge in [0.25, 0.3) is 18.1 Å². The third-order valence-corrected chi connectivity index (χ3v) is 7.45. The van der Waals surface area contributed by atoms with Crippen molar-refractivity contribution in [2.75, 3.05) is 0 Å². The first-order valence-corrected chi connectivity index (χ1v) is 13.2. The van der Waals surface area contributed by atoms with E-state index in [1.54, 1.807) is 43.3 Å². The maximum absolute atomic E-state index is 13.7. The van der Waals surface area contributed by atoms with E-state index in [1.165, 1.54) is 0 Å². The number of hydrogen-bond donors (Lipinski definition) is 3. The standard InChI is InChI=1S/C28H37ClN6O3/c1-18(38-24-15-11-22(29)12-16-24)26(37)35(23-13-9-21(10-14-23)28(2,3)4)17-19-5-7-20(8-6-19)25(36)32-27(33-30)34-31/h5-8,11-12,15-16,18,21,23,27,30-31H,9-10,13-14,17H2,1-4H3,(H,32,36). The molecule has 2 aromatic carbocycles. The Hall–Kier alpha value is -3.33. The Morgan fingerprint density at radius 2 is 1.61 bits per heavy atom. The van der Waals surface area contributed by atoms with E-state index in [9.17, 15) is 9.59 Å². The van der Waals surface area contributed by atoms with E-state index in [1.807, 2.05) is 17.0 Å².